The molecule has 0 amide bonds. The second kappa shape index (κ2) is 8.10. The lowest BCUT2D eigenvalue weighted by atomic mass is 10.1. The summed E-state index contributed by atoms with van der Waals surface area (Å²) in [4.78, 5) is 0. The topological polar surface area (TPSA) is 66.6 Å². The number of benzene rings is 2. The van der Waals surface area contributed by atoms with Gasteiger partial charge in [0.25, 0.3) is 5.22 Å². The maximum atomic E-state index is 6.27. The molecule has 140 valence electrons. The summed E-state index contributed by atoms with van der Waals surface area (Å²) in [5, 5.41) is 9.29. The average Bonchev–Trinajstić information content (AvgIpc) is 3.14. The van der Waals surface area contributed by atoms with Crippen molar-refractivity contribution in [3.05, 3.63) is 58.4 Å². The lowest BCUT2D eigenvalue weighted by Gasteiger charge is -2.20. The van der Waals surface area contributed by atoms with E-state index in [1.165, 1.54) is 11.8 Å². The first-order valence-corrected chi connectivity index (χ1v) is 9.74. The largest absolute Gasteiger partial charge is 0.497 e. The molecule has 27 heavy (non-hydrogen) atoms. The molecule has 0 aliphatic carbocycles. The molecule has 0 N–H and O–H groups in total. The molecule has 1 aromatic heterocycles. The summed E-state index contributed by atoms with van der Waals surface area (Å²) >= 11 is 7.73. The van der Waals surface area contributed by atoms with Crippen molar-refractivity contribution >= 4 is 23.4 Å². The second-order valence-corrected chi connectivity index (χ2v) is 7.21. The minimum Gasteiger partial charge on any atom is -0.497 e. The predicted molar refractivity (Wildman–Crippen MR) is 102 cm³/mol. The fourth-order valence-corrected chi connectivity index (χ4v) is 3.68. The van der Waals surface area contributed by atoms with Crippen molar-refractivity contribution in [1.29, 1.82) is 0 Å². The van der Waals surface area contributed by atoms with Gasteiger partial charge in [-0.1, -0.05) is 35.5 Å². The van der Waals surface area contributed by atoms with E-state index in [0.29, 0.717) is 53.0 Å². The normalized spacial score (nSPS) is 12.8. The lowest BCUT2D eigenvalue weighted by molar-refractivity contribution is 0.171. The zero-order valence-corrected chi connectivity index (χ0v) is 16.2. The second-order valence-electron chi connectivity index (χ2n) is 5.88. The van der Waals surface area contributed by atoms with Gasteiger partial charge in [0.05, 0.1) is 18.6 Å². The molecule has 6 nitrogen and oxygen atoms in total. The van der Waals surface area contributed by atoms with E-state index in [2.05, 4.69) is 10.2 Å². The summed E-state index contributed by atoms with van der Waals surface area (Å²) in [7, 11) is 1.64. The average molecular weight is 405 g/mol. The van der Waals surface area contributed by atoms with Gasteiger partial charge in [-0.2, -0.15) is 0 Å². The third-order valence-corrected chi connectivity index (χ3v) is 5.15. The van der Waals surface area contributed by atoms with Crippen molar-refractivity contribution in [3.63, 3.8) is 0 Å². The van der Waals surface area contributed by atoms with E-state index in [9.17, 15) is 0 Å². The Labute approximate surface area is 165 Å². The van der Waals surface area contributed by atoms with E-state index in [4.69, 9.17) is 30.2 Å². The molecule has 3 aromatic rings. The van der Waals surface area contributed by atoms with Gasteiger partial charge in [0, 0.05) is 5.75 Å². The minimum absolute atomic E-state index is 0.514. The molecule has 0 saturated carbocycles. The standard InChI is InChI=1S/C19H17ClN2O4S/c1-23-14-4-2-12(3-5-14)10-17-21-22-19(26-17)27-11-13-8-15(20)18-16(9-13)24-6-7-25-18/h2-5,8-9H,6-7,10-11H2,1H3. The van der Waals surface area contributed by atoms with Crippen molar-refractivity contribution in [2.24, 2.45) is 0 Å². The smallest absolute Gasteiger partial charge is 0.276 e. The van der Waals surface area contributed by atoms with E-state index in [1.807, 2.05) is 36.4 Å². The highest BCUT2D eigenvalue weighted by Crippen LogP contribution is 2.39. The van der Waals surface area contributed by atoms with Crippen molar-refractivity contribution in [1.82, 2.24) is 10.2 Å². The third kappa shape index (κ3) is 4.31. The molecule has 1 aliphatic rings. The first kappa shape index (κ1) is 18.0. The van der Waals surface area contributed by atoms with Gasteiger partial charge in [-0.3, -0.25) is 0 Å². The molecule has 0 radical (unpaired) electrons. The Morgan fingerprint density at radius 1 is 1.07 bits per heavy atom. The molecule has 0 fully saturated rings. The molecule has 8 heteroatoms. The monoisotopic (exact) mass is 404 g/mol. The van der Waals surface area contributed by atoms with Crippen LogP contribution in [0, 0.1) is 0 Å². The Kier molecular flexibility index (Phi) is 5.40. The van der Waals surface area contributed by atoms with Gasteiger partial charge in [0.2, 0.25) is 5.89 Å². The molecule has 0 spiro atoms. The highest BCUT2D eigenvalue weighted by Gasteiger charge is 2.17. The van der Waals surface area contributed by atoms with Crippen LogP contribution in [0.1, 0.15) is 17.0 Å². The minimum atomic E-state index is 0.514. The Bertz CT molecular complexity index is 930. The SMILES string of the molecule is COc1ccc(Cc2nnc(SCc3cc(Cl)c4c(c3)OCCO4)o2)cc1. The molecule has 1 aliphatic heterocycles. The van der Waals surface area contributed by atoms with E-state index < -0.39 is 0 Å². The van der Waals surface area contributed by atoms with Crippen LogP contribution in [0.25, 0.3) is 0 Å². The molecule has 0 bridgehead atoms. The highest BCUT2D eigenvalue weighted by atomic mass is 35.5. The van der Waals surface area contributed by atoms with Crippen LogP contribution in [0.5, 0.6) is 17.2 Å². The molecule has 0 saturated heterocycles. The van der Waals surface area contributed by atoms with Gasteiger partial charge in [-0.25, -0.2) is 0 Å². The molecule has 2 heterocycles. The van der Waals surface area contributed by atoms with E-state index >= 15 is 0 Å². The Hall–Kier alpha value is -2.38. The first-order chi connectivity index (χ1) is 13.2. The quantitative estimate of drug-likeness (QED) is 0.564. The zero-order chi connectivity index (χ0) is 18.6. The van der Waals surface area contributed by atoms with Gasteiger partial charge in [-0.15, -0.1) is 10.2 Å². The Morgan fingerprint density at radius 2 is 1.89 bits per heavy atom. The van der Waals surface area contributed by atoms with Crippen LogP contribution >= 0.6 is 23.4 Å². The maximum Gasteiger partial charge on any atom is 0.276 e. The summed E-state index contributed by atoms with van der Waals surface area (Å²) in [6.07, 6.45) is 0.577. The number of fused-ring (bicyclic) bond motifs is 1. The van der Waals surface area contributed by atoms with Gasteiger partial charge in [0.1, 0.15) is 19.0 Å². The zero-order valence-electron chi connectivity index (χ0n) is 14.6. The van der Waals surface area contributed by atoms with Crippen molar-refractivity contribution in [3.8, 4) is 17.2 Å². The summed E-state index contributed by atoms with van der Waals surface area (Å²) in [5.74, 6) is 3.31. The summed E-state index contributed by atoms with van der Waals surface area (Å²) in [6, 6.07) is 11.6. The number of hydrogen-bond donors (Lipinski definition) is 0. The number of methoxy groups -OCH3 is 1. The number of hydrogen-bond acceptors (Lipinski definition) is 7. The maximum absolute atomic E-state index is 6.27. The van der Waals surface area contributed by atoms with E-state index in [0.717, 1.165) is 16.9 Å². The van der Waals surface area contributed by atoms with Crippen LogP contribution in [0.4, 0.5) is 0 Å². The Balaban J connectivity index is 1.38. The molecule has 4 rings (SSSR count). The summed E-state index contributed by atoms with van der Waals surface area (Å²) in [6.45, 7) is 1.04. The third-order valence-electron chi connectivity index (χ3n) is 3.98. The number of rotatable bonds is 6. The molecule has 0 unspecified atom stereocenters. The van der Waals surface area contributed by atoms with Crippen molar-refractivity contribution in [2.45, 2.75) is 17.4 Å². The Morgan fingerprint density at radius 3 is 2.70 bits per heavy atom. The first-order valence-electron chi connectivity index (χ1n) is 8.37. The fraction of sp³-hybridized carbons (Fsp3) is 0.263. The number of halogens is 1. The van der Waals surface area contributed by atoms with Crippen LogP contribution in [0.3, 0.4) is 0 Å². The van der Waals surface area contributed by atoms with Crippen LogP contribution in [-0.4, -0.2) is 30.5 Å². The van der Waals surface area contributed by atoms with Gasteiger partial charge in [0.15, 0.2) is 11.5 Å². The van der Waals surface area contributed by atoms with E-state index in [1.54, 1.807) is 7.11 Å². The number of aromatic nitrogens is 2. The van der Waals surface area contributed by atoms with Crippen LogP contribution in [0.15, 0.2) is 46.0 Å². The summed E-state index contributed by atoms with van der Waals surface area (Å²) in [5.41, 5.74) is 2.08. The van der Waals surface area contributed by atoms with Crippen LogP contribution in [0.2, 0.25) is 5.02 Å². The van der Waals surface area contributed by atoms with Crippen molar-refractivity contribution < 1.29 is 18.6 Å². The fourth-order valence-electron chi connectivity index (χ4n) is 2.68. The highest BCUT2D eigenvalue weighted by molar-refractivity contribution is 7.98. The molecule has 0 atom stereocenters. The van der Waals surface area contributed by atoms with Crippen LogP contribution < -0.4 is 14.2 Å². The molecule has 2 aromatic carbocycles. The van der Waals surface area contributed by atoms with Gasteiger partial charge in [-0.05, 0) is 35.4 Å². The molecular weight excluding hydrogens is 388 g/mol. The van der Waals surface area contributed by atoms with Gasteiger partial charge < -0.3 is 18.6 Å². The lowest BCUT2D eigenvalue weighted by Crippen LogP contribution is -2.15. The number of ether oxygens (including phenoxy) is 3. The van der Waals surface area contributed by atoms with Crippen molar-refractivity contribution in [2.75, 3.05) is 20.3 Å². The predicted octanol–water partition coefficient (Wildman–Crippen LogP) is 4.39. The molecular formula is C19H17ClN2O4S. The van der Waals surface area contributed by atoms with E-state index in [-0.39, 0.29) is 0 Å². The van der Waals surface area contributed by atoms with Gasteiger partial charge >= 0.3 is 0 Å². The summed E-state index contributed by atoms with van der Waals surface area (Å²) < 4.78 is 22.0. The number of nitrogens with zero attached hydrogens (tertiary/aromatic N) is 2. The number of thioether (sulfide) groups is 1. The van der Waals surface area contributed by atoms with Crippen LogP contribution in [-0.2, 0) is 12.2 Å².